The van der Waals surface area contributed by atoms with Crippen molar-refractivity contribution in [3.05, 3.63) is 0 Å². The Hall–Kier alpha value is -0.650. The van der Waals surface area contributed by atoms with Gasteiger partial charge in [-0.1, -0.05) is 32.6 Å². The number of ether oxygens (including phenoxy) is 1. The van der Waals surface area contributed by atoms with E-state index in [2.05, 4.69) is 17.1 Å². The van der Waals surface area contributed by atoms with E-state index < -0.39 is 0 Å². The number of rotatable bonds is 9. The number of nitrogens with zero attached hydrogens (tertiary/aromatic N) is 1. The van der Waals surface area contributed by atoms with Gasteiger partial charge in [-0.3, -0.25) is 9.69 Å². The molecular formula is C16H33N3O2. The molecule has 0 bridgehead atoms. The van der Waals surface area contributed by atoms with E-state index in [0.29, 0.717) is 26.2 Å². The van der Waals surface area contributed by atoms with E-state index >= 15 is 0 Å². The van der Waals surface area contributed by atoms with Crippen LogP contribution in [0.15, 0.2) is 0 Å². The summed E-state index contributed by atoms with van der Waals surface area (Å²) < 4.78 is 4.97. The van der Waals surface area contributed by atoms with Gasteiger partial charge in [0.2, 0.25) is 5.91 Å². The number of nitrogens with two attached hydrogens (primary N) is 1. The molecule has 0 radical (unpaired) electrons. The third-order valence-electron chi connectivity index (χ3n) is 4.54. The van der Waals surface area contributed by atoms with E-state index in [1.165, 1.54) is 25.7 Å². The minimum absolute atomic E-state index is 0.0190. The highest BCUT2D eigenvalue weighted by atomic mass is 16.5. The lowest BCUT2D eigenvalue weighted by Gasteiger charge is -2.43. The molecular weight excluding hydrogens is 266 g/mol. The van der Waals surface area contributed by atoms with Crippen LogP contribution in [0.2, 0.25) is 0 Å². The number of methoxy groups -OCH3 is 1. The number of carbonyl (C=O) groups is 1. The van der Waals surface area contributed by atoms with Crippen molar-refractivity contribution in [1.29, 1.82) is 0 Å². The Morgan fingerprint density at radius 1 is 1.29 bits per heavy atom. The van der Waals surface area contributed by atoms with E-state index in [1.807, 2.05) is 0 Å². The predicted molar refractivity (Wildman–Crippen MR) is 86.2 cm³/mol. The van der Waals surface area contributed by atoms with Gasteiger partial charge >= 0.3 is 0 Å². The molecule has 0 unspecified atom stereocenters. The van der Waals surface area contributed by atoms with Gasteiger partial charge in [-0.25, -0.2) is 0 Å². The lowest BCUT2D eigenvalue weighted by Crippen LogP contribution is -2.56. The minimum Gasteiger partial charge on any atom is -0.383 e. The van der Waals surface area contributed by atoms with Gasteiger partial charge in [0.1, 0.15) is 0 Å². The normalized spacial score (nSPS) is 18.5. The van der Waals surface area contributed by atoms with Crippen molar-refractivity contribution in [2.24, 2.45) is 5.73 Å². The molecule has 21 heavy (non-hydrogen) atoms. The zero-order valence-corrected chi connectivity index (χ0v) is 13.8. The summed E-state index contributed by atoms with van der Waals surface area (Å²) in [5, 5.41) is 2.92. The number of hydrogen-bond acceptors (Lipinski definition) is 4. The fraction of sp³-hybridized carbons (Fsp3) is 0.938. The van der Waals surface area contributed by atoms with Gasteiger partial charge in [0.15, 0.2) is 0 Å². The second-order valence-corrected chi connectivity index (χ2v) is 6.11. The Bertz CT molecular complexity index is 289. The number of amides is 1. The highest BCUT2D eigenvalue weighted by Crippen LogP contribution is 2.31. The summed E-state index contributed by atoms with van der Waals surface area (Å²) in [6.45, 7) is 5.34. The fourth-order valence-electron chi connectivity index (χ4n) is 3.31. The number of hydrogen-bond donors (Lipinski definition) is 2. The summed E-state index contributed by atoms with van der Waals surface area (Å²) in [7, 11) is 1.64. The van der Waals surface area contributed by atoms with Crippen LogP contribution in [-0.2, 0) is 9.53 Å². The Balaban J connectivity index is 2.65. The van der Waals surface area contributed by atoms with Crippen molar-refractivity contribution in [2.45, 2.75) is 57.4 Å². The summed E-state index contributed by atoms with van der Waals surface area (Å²) in [6.07, 6.45) is 8.33. The lowest BCUT2D eigenvalue weighted by atomic mass is 9.87. The summed E-state index contributed by atoms with van der Waals surface area (Å²) in [6, 6.07) is 0. The van der Waals surface area contributed by atoms with E-state index in [-0.39, 0.29) is 11.4 Å². The van der Waals surface area contributed by atoms with Gasteiger partial charge in [-0.05, 0) is 25.8 Å². The number of nitrogens with one attached hydrogen (secondary N) is 1. The molecule has 5 heteroatoms. The number of carbonyl (C=O) groups excluding carboxylic acids is 1. The van der Waals surface area contributed by atoms with Crippen molar-refractivity contribution in [3.63, 3.8) is 0 Å². The molecule has 0 atom stereocenters. The van der Waals surface area contributed by atoms with Crippen LogP contribution in [0.1, 0.15) is 51.9 Å². The predicted octanol–water partition coefficient (Wildman–Crippen LogP) is 1.51. The van der Waals surface area contributed by atoms with Crippen LogP contribution in [0.5, 0.6) is 0 Å². The van der Waals surface area contributed by atoms with Crippen molar-refractivity contribution in [1.82, 2.24) is 10.2 Å². The van der Waals surface area contributed by atoms with Crippen LogP contribution in [0.4, 0.5) is 0 Å². The van der Waals surface area contributed by atoms with Crippen LogP contribution < -0.4 is 11.1 Å². The van der Waals surface area contributed by atoms with Gasteiger partial charge in [0, 0.05) is 25.7 Å². The molecule has 1 fully saturated rings. The summed E-state index contributed by atoms with van der Waals surface area (Å²) in [4.78, 5) is 14.5. The first-order valence-corrected chi connectivity index (χ1v) is 8.39. The Labute approximate surface area is 129 Å². The Morgan fingerprint density at radius 3 is 2.48 bits per heavy atom. The van der Waals surface area contributed by atoms with E-state index in [9.17, 15) is 4.79 Å². The third kappa shape index (κ3) is 5.93. The molecule has 1 saturated carbocycles. The van der Waals surface area contributed by atoms with Gasteiger partial charge in [-0.15, -0.1) is 0 Å². The maximum Gasteiger partial charge on any atom is 0.234 e. The molecule has 124 valence electrons. The topological polar surface area (TPSA) is 67.6 Å². The molecule has 0 aromatic heterocycles. The second kappa shape index (κ2) is 10.1. The van der Waals surface area contributed by atoms with Gasteiger partial charge in [0.05, 0.1) is 13.2 Å². The van der Waals surface area contributed by atoms with E-state index in [1.54, 1.807) is 7.11 Å². The Morgan fingerprint density at radius 2 is 1.95 bits per heavy atom. The fourth-order valence-corrected chi connectivity index (χ4v) is 3.31. The second-order valence-electron chi connectivity index (χ2n) is 6.11. The molecule has 0 spiro atoms. The maximum atomic E-state index is 12.1. The van der Waals surface area contributed by atoms with Crippen LogP contribution in [0.25, 0.3) is 0 Å². The van der Waals surface area contributed by atoms with Crippen LogP contribution in [0, 0.1) is 0 Å². The molecule has 1 aliphatic rings. The van der Waals surface area contributed by atoms with Crippen molar-refractivity contribution in [3.8, 4) is 0 Å². The van der Waals surface area contributed by atoms with Crippen molar-refractivity contribution < 1.29 is 9.53 Å². The smallest absolute Gasteiger partial charge is 0.234 e. The lowest BCUT2D eigenvalue weighted by molar-refractivity contribution is -0.124. The zero-order chi connectivity index (χ0) is 15.6. The van der Waals surface area contributed by atoms with Crippen molar-refractivity contribution >= 4 is 5.91 Å². The molecule has 0 aromatic carbocycles. The van der Waals surface area contributed by atoms with E-state index in [0.717, 1.165) is 25.8 Å². The first-order valence-electron chi connectivity index (χ1n) is 8.39. The van der Waals surface area contributed by atoms with Gasteiger partial charge in [0.25, 0.3) is 0 Å². The first-order chi connectivity index (χ1) is 10.2. The first kappa shape index (κ1) is 18.4. The molecule has 3 N–H and O–H groups in total. The molecule has 0 aliphatic heterocycles. The minimum atomic E-state index is 0.0190. The highest BCUT2D eigenvalue weighted by Gasteiger charge is 2.36. The summed E-state index contributed by atoms with van der Waals surface area (Å²) in [5.41, 5.74) is 6.16. The quantitative estimate of drug-likeness (QED) is 0.500. The average molecular weight is 299 g/mol. The standard InChI is InChI=1S/C16H33N3O2/c1-3-11-19(13-15(20)18-10-12-21-2)16(14-17)8-6-4-5-7-9-16/h3-14,17H2,1-2H3,(H,18,20). The van der Waals surface area contributed by atoms with Crippen LogP contribution in [-0.4, -0.2) is 56.2 Å². The van der Waals surface area contributed by atoms with E-state index in [4.69, 9.17) is 10.5 Å². The monoisotopic (exact) mass is 299 g/mol. The molecule has 0 saturated heterocycles. The van der Waals surface area contributed by atoms with Gasteiger partial charge in [-0.2, -0.15) is 0 Å². The maximum absolute atomic E-state index is 12.1. The van der Waals surface area contributed by atoms with Crippen molar-refractivity contribution in [2.75, 3.05) is 39.9 Å². The van der Waals surface area contributed by atoms with Crippen LogP contribution in [0.3, 0.4) is 0 Å². The molecule has 1 amide bonds. The molecule has 1 rings (SSSR count). The van der Waals surface area contributed by atoms with Crippen LogP contribution >= 0.6 is 0 Å². The molecule has 0 heterocycles. The SMILES string of the molecule is CCCN(CC(=O)NCCOC)C1(CN)CCCCCC1. The third-order valence-corrected chi connectivity index (χ3v) is 4.54. The van der Waals surface area contributed by atoms with Gasteiger partial charge < -0.3 is 15.8 Å². The molecule has 1 aliphatic carbocycles. The zero-order valence-electron chi connectivity index (χ0n) is 13.8. The molecule has 5 nitrogen and oxygen atoms in total. The Kier molecular flexibility index (Phi) is 8.88. The molecule has 0 aromatic rings. The average Bonchev–Trinajstić information content (AvgIpc) is 2.73. The summed E-state index contributed by atoms with van der Waals surface area (Å²) >= 11 is 0. The largest absolute Gasteiger partial charge is 0.383 e. The summed E-state index contributed by atoms with van der Waals surface area (Å²) in [5.74, 6) is 0.0811. The highest BCUT2D eigenvalue weighted by molar-refractivity contribution is 5.78.